The van der Waals surface area contributed by atoms with Crippen molar-refractivity contribution in [1.82, 2.24) is 29.9 Å². The summed E-state index contributed by atoms with van der Waals surface area (Å²) in [5.74, 6) is -0.354. The van der Waals surface area contributed by atoms with Gasteiger partial charge in [0.25, 0.3) is 0 Å². The van der Waals surface area contributed by atoms with Gasteiger partial charge < -0.3 is 10.6 Å². The SMILES string of the molecule is CC(C)(C)CNc1c(C#N)cnc2c(C#N)cc(NC(c3ccc(F)cc3)c3cn(C4(c5cnccn5)CC4)nn3)cc12. The van der Waals surface area contributed by atoms with Gasteiger partial charge in [-0.25, -0.2) is 9.07 Å². The van der Waals surface area contributed by atoms with E-state index in [2.05, 4.69) is 68.8 Å². The average molecular weight is 573 g/mol. The molecular weight excluding hydrogens is 543 g/mol. The molecule has 3 aromatic heterocycles. The van der Waals surface area contributed by atoms with Crippen LogP contribution in [0.4, 0.5) is 15.8 Å². The van der Waals surface area contributed by atoms with Gasteiger partial charge in [-0.05, 0) is 48.1 Å². The third kappa shape index (κ3) is 5.45. The maximum Gasteiger partial charge on any atom is 0.123 e. The molecule has 0 spiro atoms. The molecule has 10 nitrogen and oxygen atoms in total. The van der Waals surface area contributed by atoms with E-state index >= 15 is 0 Å². The molecule has 1 fully saturated rings. The largest absolute Gasteiger partial charge is 0.383 e. The van der Waals surface area contributed by atoms with Gasteiger partial charge in [-0.2, -0.15) is 10.5 Å². The van der Waals surface area contributed by atoms with E-state index in [0.29, 0.717) is 45.6 Å². The number of nitriles is 2. The normalized spacial score (nSPS) is 14.5. The molecule has 0 aliphatic heterocycles. The number of rotatable bonds is 8. The van der Waals surface area contributed by atoms with Gasteiger partial charge in [-0.15, -0.1) is 5.10 Å². The molecular formula is C32H29FN10. The molecule has 43 heavy (non-hydrogen) atoms. The molecule has 1 atom stereocenters. The Morgan fingerprint density at radius 1 is 1.02 bits per heavy atom. The van der Waals surface area contributed by atoms with E-state index in [1.165, 1.54) is 18.3 Å². The monoisotopic (exact) mass is 572 g/mol. The van der Waals surface area contributed by atoms with Crippen LogP contribution in [0.3, 0.4) is 0 Å². The standard InChI is InChI=1S/C32H29FN10/c1-31(2,3)19-39-29-22(15-35)16-38-28-21(14-34)12-24(13-25(28)29)40-30(20-4-6-23(33)7-5-20)26-18-43(42-41-26)32(8-9-32)27-17-36-10-11-37-27/h4-7,10-13,16-18,30,40H,8-9,19H2,1-3H3,(H,38,39). The smallest absolute Gasteiger partial charge is 0.123 e. The van der Waals surface area contributed by atoms with Crippen LogP contribution in [0.2, 0.25) is 0 Å². The van der Waals surface area contributed by atoms with Crippen molar-refractivity contribution in [3.63, 3.8) is 0 Å². The summed E-state index contributed by atoms with van der Waals surface area (Å²) in [7, 11) is 0. The van der Waals surface area contributed by atoms with E-state index in [-0.39, 0.29) is 11.2 Å². The van der Waals surface area contributed by atoms with Crippen molar-refractivity contribution < 1.29 is 4.39 Å². The molecule has 3 heterocycles. The van der Waals surface area contributed by atoms with Crippen molar-refractivity contribution in [1.29, 1.82) is 10.5 Å². The zero-order valence-electron chi connectivity index (χ0n) is 24.0. The average Bonchev–Trinajstić information content (AvgIpc) is 3.68. The van der Waals surface area contributed by atoms with Crippen molar-refractivity contribution in [2.75, 3.05) is 17.2 Å². The number of pyridine rings is 1. The molecule has 1 aliphatic carbocycles. The van der Waals surface area contributed by atoms with Crippen LogP contribution in [-0.2, 0) is 5.54 Å². The fourth-order valence-corrected chi connectivity index (χ4v) is 5.13. The second-order valence-corrected chi connectivity index (χ2v) is 11.9. The highest BCUT2D eigenvalue weighted by atomic mass is 19.1. The van der Waals surface area contributed by atoms with Gasteiger partial charge in [0.1, 0.15) is 29.2 Å². The Hall–Kier alpha value is -5.42. The topological polar surface area (TPSA) is 141 Å². The van der Waals surface area contributed by atoms with Crippen LogP contribution >= 0.6 is 0 Å². The maximum atomic E-state index is 13.9. The molecule has 214 valence electrons. The fourth-order valence-electron chi connectivity index (χ4n) is 5.13. The van der Waals surface area contributed by atoms with Crippen LogP contribution in [-0.4, -0.2) is 36.5 Å². The number of hydrogen-bond donors (Lipinski definition) is 2. The van der Waals surface area contributed by atoms with Crippen molar-refractivity contribution in [2.45, 2.75) is 45.2 Å². The molecule has 1 unspecified atom stereocenters. The highest BCUT2D eigenvalue weighted by molar-refractivity contribution is 5.99. The second kappa shape index (κ2) is 10.8. The molecule has 0 amide bonds. The Balaban J connectivity index is 1.44. The van der Waals surface area contributed by atoms with E-state index in [0.717, 1.165) is 24.1 Å². The van der Waals surface area contributed by atoms with E-state index < -0.39 is 11.6 Å². The molecule has 6 rings (SSSR count). The number of nitrogens with one attached hydrogen (secondary N) is 2. The Morgan fingerprint density at radius 2 is 1.79 bits per heavy atom. The minimum Gasteiger partial charge on any atom is -0.383 e. The van der Waals surface area contributed by atoms with E-state index in [1.807, 2.05) is 16.9 Å². The number of nitrogens with zero attached hydrogens (tertiary/aromatic N) is 8. The molecule has 1 saturated carbocycles. The van der Waals surface area contributed by atoms with Gasteiger partial charge in [-0.1, -0.05) is 38.1 Å². The molecule has 0 bridgehead atoms. The molecule has 1 aliphatic rings. The summed E-state index contributed by atoms with van der Waals surface area (Å²) in [5, 5.41) is 36.5. The van der Waals surface area contributed by atoms with Crippen LogP contribution in [0.5, 0.6) is 0 Å². The number of fused-ring (bicyclic) bond motifs is 1. The predicted octanol–water partition coefficient (Wildman–Crippen LogP) is 5.70. The molecule has 0 saturated heterocycles. The van der Waals surface area contributed by atoms with Gasteiger partial charge in [0.15, 0.2) is 0 Å². The van der Waals surface area contributed by atoms with Gasteiger partial charge in [0, 0.05) is 36.2 Å². The van der Waals surface area contributed by atoms with Crippen molar-refractivity contribution >= 4 is 22.3 Å². The lowest BCUT2D eigenvalue weighted by Crippen LogP contribution is -2.21. The zero-order valence-corrected chi connectivity index (χ0v) is 24.0. The Morgan fingerprint density at radius 3 is 2.44 bits per heavy atom. The van der Waals surface area contributed by atoms with Crippen LogP contribution in [0.25, 0.3) is 10.9 Å². The van der Waals surface area contributed by atoms with Crippen molar-refractivity contribution in [2.24, 2.45) is 5.41 Å². The molecule has 5 aromatic rings. The number of halogens is 1. The predicted molar refractivity (Wildman–Crippen MR) is 159 cm³/mol. The van der Waals surface area contributed by atoms with Crippen LogP contribution in [0.15, 0.2) is 67.4 Å². The van der Waals surface area contributed by atoms with Crippen molar-refractivity contribution in [3.8, 4) is 12.1 Å². The molecule has 0 radical (unpaired) electrons. The third-order valence-electron chi connectivity index (χ3n) is 7.53. The van der Waals surface area contributed by atoms with E-state index in [4.69, 9.17) is 0 Å². The first-order valence-electron chi connectivity index (χ1n) is 13.9. The highest BCUT2D eigenvalue weighted by Crippen LogP contribution is 2.48. The first kappa shape index (κ1) is 27.7. The van der Waals surface area contributed by atoms with Gasteiger partial charge in [-0.3, -0.25) is 15.0 Å². The quantitative estimate of drug-likeness (QED) is 0.240. The minimum atomic E-state index is -0.533. The maximum absolute atomic E-state index is 13.9. The fraction of sp³-hybridized carbons (Fsp3) is 0.281. The van der Waals surface area contributed by atoms with E-state index in [1.54, 1.807) is 36.8 Å². The second-order valence-electron chi connectivity index (χ2n) is 11.9. The summed E-state index contributed by atoms with van der Waals surface area (Å²) >= 11 is 0. The summed E-state index contributed by atoms with van der Waals surface area (Å²) in [4.78, 5) is 13.2. The summed E-state index contributed by atoms with van der Waals surface area (Å²) < 4.78 is 15.8. The van der Waals surface area contributed by atoms with Crippen molar-refractivity contribution in [3.05, 3.63) is 101 Å². The summed E-state index contributed by atoms with van der Waals surface area (Å²) in [6, 6.07) is 13.7. The first-order valence-corrected chi connectivity index (χ1v) is 13.9. The van der Waals surface area contributed by atoms with Crippen LogP contribution in [0, 0.1) is 33.9 Å². The first-order chi connectivity index (χ1) is 20.7. The lowest BCUT2D eigenvalue weighted by Gasteiger charge is -2.22. The Kier molecular flexibility index (Phi) is 6.95. The summed E-state index contributed by atoms with van der Waals surface area (Å²) in [6.07, 6.45) is 10.1. The Labute approximate surface area is 248 Å². The number of aromatic nitrogens is 6. The van der Waals surface area contributed by atoms with Gasteiger partial charge in [0.05, 0.1) is 46.5 Å². The third-order valence-corrected chi connectivity index (χ3v) is 7.53. The van der Waals surface area contributed by atoms with Crippen LogP contribution in [0.1, 0.15) is 67.7 Å². The molecule has 11 heteroatoms. The van der Waals surface area contributed by atoms with E-state index in [9.17, 15) is 14.9 Å². The number of hydrogen-bond acceptors (Lipinski definition) is 9. The van der Waals surface area contributed by atoms with Crippen LogP contribution < -0.4 is 10.6 Å². The summed E-state index contributed by atoms with van der Waals surface area (Å²) in [5.41, 5.74) is 4.18. The highest BCUT2D eigenvalue weighted by Gasteiger charge is 2.49. The summed E-state index contributed by atoms with van der Waals surface area (Å²) in [6.45, 7) is 6.90. The van der Waals surface area contributed by atoms with Gasteiger partial charge in [0.2, 0.25) is 0 Å². The minimum absolute atomic E-state index is 0.0556. The molecule has 2 aromatic carbocycles. The number of anilines is 2. The lowest BCUT2D eigenvalue weighted by molar-refractivity contribution is 0.443. The number of benzene rings is 2. The van der Waals surface area contributed by atoms with Gasteiger partial charge >= 0.3 is 0 Å². The lowest BCUT2D eigenvalue weighted by atomic mass is 9.96. The molecule has 2 N–H and O–H groups in total. The zero-order chi connectivity index (χ0) is 30.2. The Bertz CT molecular complexity index is 1870.